The molecule has 2 aromatic heterocycles. The van der Waals surface area contributed by atoms with Crippen molar-refractivity contribution in [1.82, 2.24) is 19.6 Å². The lowest BCUT2D eigenvalue weighted by Gasteiger charge is -2.09. The van der Waals surface area contributed by atoms with Crippen LogP contribution in [-0.4, -0.2) is 31.4 Å². The van der Waals surface area contributed by atoms with Gasteiger partial charge >= 0.3 is 0 Å². The molecule has 0 atom stereocenters. The summed E-state index contributed by atoms with van der Waals surface area (Å²) in [5.41, 5.74) is 1.69. The van der Waals surface area contributed by atoms with Crippen molar-refractivity contribution in [1.29, 1.82) is 0 Å². The molecular weight excluding hydrogens is 479 g/mol. The van der Waals surface area contributed by atoms with Gasteiger partial charge in [0.05, 0.1) is 5.02 Å². The van der Waals surface area contributed by atoms with Crippen molar-refractivity contribution < 1.29 is 14.3 Å². The molecule has 0 fully saturated rings. The van der Waals surface area contributed by atoms with Crippen LogP contribution in [0.25, 0.3) is 0 Å². The fourth-order valence-corrected chi connectivity index (χ4v) is 3.59. The van der Waals surface area contributed by atoms with E-state index in [-0.39, 0.29) is 18.3 Å². The third-order valence-electron chi connectivity index (χ3n) is 4.75. The number of anilines is 2. The van der Waals surface area contributed by atoms with Crippen LogP contribution in [0.1, 0.15) is 27.9 Å². The predicted molar refractivity (Wildman–Crippen MR) is 130 cm³/mol. The van der Waals surface area contributed by atoms with E-state index in [0.717, 1.165) is 0 Å². The van der Waals surface area contributed by atoms with Crippen LogP contribution in [0.15, 0.2) is 67.0 Å². The van der Waals surface area contributed by atoms with E-state index < -0.39 is 5.91 Å². The van der Waals surface area contributed by atoms with Crippen molar-refractivity contribution >= 4 is 46.4 Å². The topological polar surface area (TPSA) is 103 Å². The number of nitrogens with zero attached hydrogens (tertiary/aromatic N) is 4. The molecule has 9 nitrogen and oxygen atoms in total. The van der Waals surface area contributed by atoms with E-state index in [0.29, 0.717) is 39.4 Å². The Morgan fingerprint density at radius 1 is 1.00 bits per heavy atom. The lowest BCUT2D eigenvalue weighted by Crippen LogP contribution is -2.18. The van der Waals surface area contributed by atoms with Gasteiger partial charge in [-0.15, -0.1) is 0 Å². The molecular formula is C23H20Cl2N6O3. The molecule has 0 spiro atoms. The summed E-state index contributed by atoms with van der Waals surface area (Å²) in [4.78, 5) is 25.2. The van der Waals surface area contributed by atoms with Gasteiger partial charge in [-0.1, -0.05) is 29.3 Å². The van der Waals surface area contributed by atoms with Gasteiger partial charge in [-0.05, 0) is 55.5 Å². The van der Waals surface area contributed by atoms with Gasteiger partial charge in [-0.3, -0.25) is 14.3 Å². The predicted octanol–water partition coefficient (Wildman–Crippen LogP) is 4.95. The highest BCUT2D eigenvalue weighted by molar-refractivity contribution is 6.35. The molecule has 2 heterocycles. The molecule has 0 aliphatic carbocycles. The third kappa shape index (κ3) is 5.56. The van der Waals surface area contributed by atoms with Gasteiger partial charge in [-0.2, -0.15) is 10.2 Å². The summed E-state index contributed by atoms with van der Waals surface area (Å²) in [5, 5.41) is 14.8. The Bertz CT molecular complexity index is 1330. The Balaban J connectivity index is 1.36. The molecule has 0 aliphatic rings. The van der Waals surface area contributed by atoms with Gasteiger partial charge in [0.1, 0.15) is 11.4 Å². The number of carbonyl (C=O) groups is 2. The van der Waals surface area contributed by atoms with Crippen molar-refractivity contribution in [2.24, 2.45) is 0 Å². The molecule has 2 amide bonds. The van der Waals surface area contributed by atoms with Crippen LogP contribution >= 0.6 is 23.2 Å². The number of rotatable bonds is 8. The van der Waals surface area contributed by atoms with E-state index >= 15 is 0 Å². The fraction of sp³-hybridized carbons (Fsp3) is 0.130. The first-order valence-electron chi connectivity index (χ1n) is 10.3. The van der Waals surface area contributed by atoms with E-state index in [4.69, 9.17) is 27.9 Å². The van der Waals surface area contributed by atoms with E-state index in [2.05, 4.69) is 20.8 Å². The molecule has 4 rings (SSSR count). The minimum absolute atomic E-state index is 0.0600. The second-order valence-corrected chi connectivity index (χ2v) is 7.95. The molecule has 11 heteroatoms. The van der Waals surface area contributed by atoms with Crippen LogP contribution in [0, 0.1) is 0 Å². The zero-order chi connectivity index (χ0) is 24.1. The maximum absolute atomic E-state index is 12.6. The zero-order valence-electron chi connectivity index (χ0n) is 18.0. The van der Waals surface area contributed by atoms with Gasteiger partial charge in [0.15, 0.2) is 12.4 Å². The van der Waals surface area contributed by atoms with Crippen molar-refractivity contribution in [3.05, 3.63) is 88.4 Å². The minimum atomic E-state index is -0.407. The van der Waals surface area contributed by atoms with Crippen molar-refractivity contribution in [3.63, 3.8) is 0 Å². The second kappa shape index (κ2) is 10.4. The number of hydrogen-bond donors (Lipinski definition) is 2. The summed E-state index contributed by atoms with van der Waals surface area (Å²) in [6, 6.07) is 14.9. The van der Waals surface area contributed by atoms with E-state index in [1.807, 2.05) is 6.92 Å². The number of carbonyl (C=O) groups excluding carboxylic acids is 2. The summed E-state index contributed by atoms with van der Waals surface area (Å²) < 4.78 is 8.69. The number of halogens is 2. The number of hydrogen-bond acceptors (Lipinski definition) is 5. The number of nitrogens with one attached hydrogen (secondary N) is 2. The van der Waals surface area contributed by atoms with E-state index in [1.165, 1.54) is 4.68 Å². The average Bonchev–Trinajstić information content (AvgIpc) is 3.48. The van der Waals surface area contributed by atoms with Crippen LogP contribution in [0.2, 0.25) is 10.0 Å². The van der Waals surface area contributed by atoms with Gasteiger partial charge in [0.25, 0.3) is 11.8 Å². The molecule has 0 aliphatic heterocycles. The Hall–Kier alpha value is -3.82. The Morgan fingerprint density at radius 3 is 2.50 bits per heavy atom. The van der Waals surface area contributed by atoms with Crippen molar-refractivity contribution in [3.8, 4) is 5.75 Å². The monoisotopic (exact) mass is 498 g/mol. The van der Waals surface area contributed by atoms with Crippen LogP contribution in [0.3, 0.4) is 0 Å². The average molecular weight is 499 g/mol. The molecule has 34 heavy (non-hydrogen) atoms. The molecule has 2 aromatic carbocycles. The highest BCUT2D eigenvalue weighted by Gasteiger charge is 2.13. The van der Waals surface area contributed by atoms with Crippen molar-refractivity contribution in [2.75, 3.05) is 10.6 Å². The van der Waals surface area contributed by atoms with Gasteiger partial charge in [0, 0.05) is 35.3 Å². The first-order valence-corrected chi connectivity index (χ1v) is 11.0. The van der Waals surface area contributed by atoms with E-state index in [9.17, 15) is 9.59 Å². The van der Waals surface area contributed by atoms with Crippen molar-refractivity contribution in [2.45, 2.75) is 20.2 Å². The smallest absolute Gasteiger partial charge is 0.276 e. The van der Waals surface area contributed by atoms with Crippen LogP contribution in [-0.2, 0) is 13.3 Å². The Morgan fingerprint density at radius 2 is 1.76 bits per heavy atom. The van der Waals surface area contributed by atoms with Crippen LogP contribution < -0.4 is 15.4 Å². The second-order valence-electron chi connectivity index (χ2n) is 7.11. The maximum atomic E-state index is 12.6. The molecule has 0 bridgehead atoms. The SMILES string of the molecule is CCn1nccc1C(=O)Nc1cccc(NC(=O)c2ccn(COc3ccc(Cl)cc3Cl)n2)c1. The lowest BCUT2D eigenvalue weighted by atomic mass is 10.2. The number of aryl methyl sites for hydroxylation is 1. The first kappa shape index (κ1) is 23.3. The number of benzene rings is 2. The zero-order valence-corrected chi connectivity index (χ0v) is 19.5. The highest BCUT2D eigenvalue weighted by atomic mass is 35.5. The summed E-state index contributed by atoms with van der Waals surface area (Å²) in [5.74, 6) is -0.244. The lowest BCUT2D eigenvalue weighted by molar-refractivity contribution is 0.101. The van der Waals surface area contributed by atoms with Gasteiger partial charge < -0.3 is 15.4 Å². The first-order chi connectivity index (χ1) is 16.4. The Labute approximate surface area is 205 Å². The number of aromatic nitrogens is 4. The summed E-state index contributed by atoms with van der Waals surface area (Å²) in [7, 11) is 0. The normalized spacial score (nSPS) is 10.7. The number of ether oxygens (including phenoxy) is 1. The quantitative estimate of drug-likeness (QED) is 0.357. The fourth-order valence-electron chi connectivity index (χ4n) is 3.13. The molecule has 0 saturated carbocycles. The maximum Gasteiger partial charge on any atom is 0.276 e. The molecule has 4 aromatic rings. The highest BCUT2D eigenvalue weighted by Crippen LogP contribution is 2.27. The molecule has 0 radical (unpaired) electrons. The van der Waals surface area contributed by atoms with Gasteiger partial charge in [-0.25, -0.2) is 4.68 Å². The third-order valence-corrected chi connectivity index (χ3v) is 5.28. The largest absolute Gasteiger partial charge is 0.470 e. The standard InChI is InChI=1S/C23H20Cl2N6O3/c1-2-31-20(8-10-26-31)23(33)28-17-5-3-4-16(13-17)27-22(32)19-9-11-30(29-19)14-34-21-7-6-15(24)12-18(21)25/h3-13H,2,14H2,1H3,(H,27,32)(H,28,33). The molecule has 2 N–H and O–H groups in total. The Kier molecular flexibility index (Phi) is 7.15. The van der Waals surface area contributed by atoms with Crippen LogP contribution in [0.5, 0.6) is 5.75 Å². The van der Waals surface area contributed by atoms with Gasteiger partial charge in [0.2, 0.25) is 0 Å². The summed E-state index contributed by atoms with van der Waals surface area (Å²) in [6.45, 7) is 2.54. The summed E-state index contributed by atoms with van der Waals surface area (Å²) in [6.07, 6.45) is 3.19. The summed E-state index contributed by atoms with van der Waals surface area (Å²) >= 11 is 12.0. The minimum Gasteiger partial charge on any atom is -0.470 e. The molecule has 174 valence electrons. The molecule has 0 unspecified atom stereocenters. The van der Waals surface area contributed by atoms with Crippen LogP contribution in [0.4, 0.5) is 11.4 Å². The number of amides is 2. The molecule has 0 saturated heterocycles. The van der Waals surface area contributed by atoms with E-state index in [1.54, 1.807) is 71.7 Å².